The van der Waals surface area contributed by atoms with Gasteiger partial charge in [0.05, 0.1) is 12.6 Å². The topological polar surface area (TPSA) is 197 Å². The molecule has 0 aromatic rings. The highest BCUT2D eigenvalue weighted by molar-refractivity contribution is 5.94. The maximum atomic E-state index is 12.6. The molecule has 9 N–H and O–H groups in total. The summed E-state index contributed by atoms with van der Waals surface area (Å²) in [4.78, 5) is 48.6. The summed E-state index contributed by atoms with van der Waals surface area (Å²) in [5, 5.41) is 26.0. The number of amides is 3. The first-order valence-corrected chi connectivity index (χ1v) is 10.2. The van der Waals surface area contributed by atoms with Gasteiger partial charge in [-0.2, -0.15) is 0 Å². The molecule has 4 unspecified atom stereocenters. The second-order valence-corrected chi connectivity index (χ2v) is 7.93. The van der Waals surface area contributed by atoms with E-state index in [2.05, 4.69) is 16.0 Å². The Morgan fingerprint density at radius 1 is 0.833 bits per heavy atom. The highest BCUT2D eigenvalue weighted by Gasteiger charge is 2.32. The van der Waals surface area contributed by atoms with Crippen molar-refractivity contribution in [2.45, 2.75) is 71.1 Å². The molecule has 3 amide bonds. The van der Waals surface area contributed by atoms with E-state index in [-0.39, 0.29) is 11.8 Å². The third kappa shape index (κ3) is 9.51. The van der Waals surface area contributed by atoms with Crippen molar-refractivity contribution in [3.05, 3.63) is 0 Å². The van der Waals surface area contributed by atoms with Gasteiger partial charge in [0.25, 0.3) is 0 Å². The van der Waals surface area contributed by atoms with Gasteiger partial charge in [-0.1, -0.05) is 34.1 Å². The van der Waals surface area contributed by atoms with Crippen LogP contribution in [-0.4, -0.2) is 71.2 Å². The second kappa shape index (κ2) is 13.9. The van der Waals surface area contributed by atoms with Gasteiger partial charge >= 0.3 is 5.97 Å². The smallest absolute Gasteiger partial charge is 0.326 e. The van der Waals surface area contributed by atoms with Crippen molar-refractivity contribution >= 4 is 23.7 Å². The van der Waals surface area contributed by atoms with E-state index in [4.69, 9.17) is 11.5 Å². The summed E-state index contributed by atoms with van der Waals surface area (Å²) in [6.07, 6.45) is 1.74. The molecule has 0 rings (SSSR count). The lowest BCUT2D eigenvalue weighted by molar-refractivity contribution is -0.144. The van der Waals surface area contributed by atoms with Crippen LogP contribution in [0.15, 0.2) is 0 Å². The van der Waals surface area contributed by atoms with E-state index in [1.165, 1.54) is 0 Å². The molecular formula is C19H37N5O6. The van der Waals surface area contributed by atoms with E-state index in [0.717, 1.165) is 0 Å². The van der Waals surface area contributed by atoms with Crippen LogP contribution in [0.4, 0.5) is 0 Å². The number of nitrogens with one attached hydrogen (secondary N) is 3. The number of unbranched alkanes of at least 4 members (excludes halogenated alkanes) is 1. The van der Waals surface area contributed by atoms with Crippen molar-refractivity contribution in [1.29, 1.82) is 0 Å². The average molecular weight is 432 g/mol. The summed E-state index contributed by atoms with van der Waals surface area (Å²) in [7, 11) is 0. The number of aliphatic hydroxyl groups is 1. The van der Waals surface area contributed by atoms with Crippen molar-refractivity contribution in [3.63, 3.8) is 0 Å². The highest BCUT2D eigenvalue weighted by Crippen LogP contribution is 2.07. The number of carboxylic acid groups (broad SMARTS) is 1. The zero-order chi connectivity index (χ0) is 23.4. The van der Waals surface area contributed by atoms with E-state index in [1.807, 2.05) is 0 Å². The fourth-order valence-electron chi connectivity index (χ4n) is 2.66. The Morgan fingerprint density at radius 3 is 1.80 bits per heavy atom. The lowest BCUT2D eigenvalue weighted by atomic mass is 10.00. The number of aliphatic carboxylic acids is 1. The van der Waals surface area contributed by atoms with Crippen molar-refractivity contribution in [2.75, 3.05) is 13.2 Å². The van der Waals surface area contributed by atoms with Crippen LogP contribution in [0.5, 0.6) is 0 Å². The molecule has 0 saturated heterocycles. The Labute approximate surface area is 177 Å². The summed E-state index contributed by atoms with van der Waals surface area (Å²) in [5.41, 5.74) is 11.2. The highest BCUT2D eigenvalue weighted by atomic mass is 16.4. The van der Waals surface area contributed by atoms with Crippen LogP contribution in [0.3, 0.4) is 0 Å². The first-order valence-electron chi connectivity index (χ1n) is 10.2. The third-order valence-corrected chi connectivity index (χ3v) is 4.60. The van der Waals surface area contributed by atoms with Crippen LogP contribution in [0.25, 0.3) is 0 Å². The van der Waals surface area contributed by atoms with Gasteiger partial charge in [0, 0.05) is 0 Å². The molecule has 11 heteroatoms. The summed E-state index contributed by atoms with van der Waals surface area (Å²) < 4.78 is 0. The van der Waals surface area contributed by atoms with Crippen LogP contribution < -0.4 is 27.4 Å². The molecule has 0 aliphatic rings. The minimum atomic E-state index is -1.30. The van der Waals surface area contributed by atoms with Gasteiger partial charge in [0.1, 0.15) is 18.1 Å². The first-order chi connectivity index (χ1) is 14.0. The Hall–Kier alpha value is -2.24. The van der Waals surface area contributed by atoms with E-state index in [1.54, 1.807) is 27.7 Å². The average Bonchev–Trinajstić information content (AvgIpc) is 2.66. The predicted octanol–water partition coefficient (Wildman–Crippen LogP) is -1.71. The molecular weight excluding hydrogens is 394 g/mol. The van der Waals surface area contributed by atoms with Crippen molar-refractivity contribution < 1.29 is 29.4 Å². The normalized spacial score (nSPS) is 15.2. The zero-order valence-electron chi connectivity index (χ0n) is 18.2. The van der Waals surface area contributed by atoms with E-state index in [9.17, 15) is 29.4 Å². The quantitative estimate of drug-likeness (QED) is 0.158. The molecule has 11 nitrogen and oxygen atoms in total. The summed E-state index contributed by atoms with van der Waals surface area (Å²) in [6, 6.07) is -4.32. The molecule has 0 spiro atoms. The largest absolute Gasteiger partial charge is 0.480 e. The molecule has 0 aromatic heterocycles. The number of rotatable bonds is 14. The zero-order valence-corrected chi connectivity index (χ0v) is 18.2. The molecule has 4 atom stereocenters. The lowest BCUT2D eigenvalue weighted by Crippen LogP contribution is -2.59. The van der Waals surface area contributed by atoms with E-state index < -0.39 is 54.5 Å². The number of hydrogen-bond donors (Lipinski definition) is 7. The number of hydrogen-bond acceptors (Lipinski definition) is 7. The maximum absolute atomic E-state index is 12.6. The SMILES string of the molecule is CC(C)C(NC(=O)C(NC(=O)C(CO)NC(=O)C(N)CCCCN)C(C)C)C(=O)O. The summed E-state index contributed by atoms with van der Waals surface area (Å²) in [6.45, 7) is 6.44. The van der Waals surface area contributed by atoms with Gasteiger partial charge in [0.15, 0.2) is 0 Å². The Kier molecular flexibility index (Phi) is 12.8. The minimum Gasteiger partial charge on any atom is -0.480 e. The number of aliphatic hydroxyl groups excluding tert-OH is 1. The number of carbonyl (C=O) groups is 4. The monoisotopic (exact) mass is 431 g/mol. The molecule has 0 heterocycles. The summed E-state index contributed by atoms with van der Waals surface area (Å²) >= 11 is 0. The van der Waals surface area contributed by atoms with Gasteiger partial charge < -0.3 is 37.6 Å². The van der Waals surface area contributed by atoms with Gasteiger partial charge in [-0.15, -0.1) is 0 Å². The molecule has 0 bridgehead atoms. The third-order valence-electron chi connectivity index (χ3n) is 4.60. The minimum absolute atomic E-state index is 0.361. The molecule has 0 saturated carbocycles. The van der Waals surface area contributed by atoms with Gasteiger partial charge in [-0.05, 0) is 31.2 Å². The van der Waals surface area contributed by atoms with Gasteiger partial charge in [-0.3, -0.25) is 14.4 Å². The Bertz CT molecular complexity index is 584. The molecule has 0 radical (unpaired) electrons. The molecule has 0 aliphatic heterocycles. The van der Waals surface area contributed by atoms with Crippen molar-refractivity contribution in [1.82, 2.24) is 16.0 Å². The predicted molar refractivity (Wildman–Crippen MR) is 111 cm³/mol. The van der Waals surface area contributed by atoms with Crippen LogP contribution in [-0.2, 0) is 19.2 Å². The second-order valence-electron chi connectivity index (χ2n) is 7.93. The van der Waals surface area contributed by atoms with Gasteiger partial charge in [0.2, 0.25) is 17.7 Å². The number of nitrogens with two attached hydrogens (primary N) is 2. The van der Waals surface area contributed by atoms with E-state index in [0.29, 0.717) is 25.8 Å². The Balaban J connectivity index is 5.07. The van der Waals surface area contributed by atoms with E-state index >= 15 is 0 Å². The van der Waals surface area contributed by atoms with Gasteiger partial charge in [-0.25, -0.2) is 4.79 Å². The fourth-order valence-corrected chi connectivity index (χ4v) is 2.66. The Morgan fingerprint density at radius 2 is 1.37 bits per heavy atom. The number of carbonyl (C=O) groups excluding carboxylic acids is 3. The lowest BCUT2D eigenvalue weighted by Gasteiger charge is -2.27. The van der Waals surface area contributed by atoms with Crippen LogP contribution in [0.1, 0.15) is 47.0 Å². The molecule has 174 valence electrons. The molecule has 0 aliphatic carbocycles. The molecule has 0 fully saturated rings. The maximum Gasteiger partial charge on any atom is 0.326 e. The molecule has 30 heavy (non-hydrogen) atoms. The van der Waals surface area contributed by atoms with Crippen LogP contribution in [0.2, 0.25) is 0 Å². The number of carboxylic acids is 1. The standard InChI is InChI=1S/C19H37N5O6/c1-10(2)14(18(28)24-15(11(3)4)19(29)30)23-17(27)13(9-25)22-16(26)12(21)7-5-6-8-20/h10-15,25H,5-9,20-21H2,1-4H3,(H,22,26)(H,23,27)(H,24,28)(H,29,30). The van der Waals surface area contributed by atoms with Crippen LogP contribution >= 0.6 is 0 Å². The summed E-state index contributed by atoms with van der Waals surface area (Å²) in [5.74, 6) is -3.95. The first kappa shape index (κ1) is 27.8. The molecule has 0 aromatic carbocycles. The van der Waals surface area contributed by atoms with Crippen LogP contribution in [0, 0.1) is 11.8 Å². The fraction of sp³-hybridized carbons (Fsp3) is 0.789. The van der Waals surface area contributed by atoms with Crippen molar-refractivity contribution in [2.24, 2.45) is 23.3 Å². The van der Waals surface area contributed by atoms with Crippen molar-refractivity contribution in [3.8, 4) is 0 Å².